The maximum atomic E-state index is 11.5. The number of alkyl halides is 3. The molecule has 2 aliphatic rings. The second-order valence-corrected chi connectivity index (χ2v) is 7.68. The molecular formula is C16H22F3N3O3S. The largest absolute Gasteiger partial charge is 0.490 e. The number of hydrogen-bond donors (Lipinski definition) is 2. The molecule has 1 atom stereocenters. The van der Waals surface area contributed by atoms with Gasteiger partial charge in [-0.1, -0.05) is 0 Å². The summed E-state index contributed by atoms with van der Waals surface area (Å²) >= 11 is 1.72. The van der Waals surface area contributed by atoms with Gasteiger partial charge in [-0.2, -0.15) is 13.2 Å². The smallest absolute Gasteiger partial charge is 0.475 e. The number of aliphatic carboxylic acids is 1. The number of carbonyl (C=O) groups is 2. The number of amides is 1. The molecule has 3 rings (SSSR count). The molecule has 0 saturated carbocycles. The second-order valence-electron chi connectivity index (χ2n) is 6.62. The van der Waals surface area contributed by atoms with Crippen LogP contribution in [0.4, 0.5) is 13.2 Å². The highest BCUT2D eigenvalue weighted by molar-refractivity contribution is 7.09. The van der Waals surface area contributed by atoms with Crippen molar-refractivity contribution in [1.29, 1.82) is 0 Å². The van der Waals surface area contributed by atoms with Crippen LogP contribution in [0.2, 0.25) is 0 Å². The maximum absolute atomic E-state index is 11.5. The second kappa shape index (κ2) is 8.34. The van der Waals surface area contributed by atoms with Gasteiger partial charge in [-0.05, 0) is 39.2 Å². The number of carboxylic acid groups (broad SMARTS) is 1. The molecule has 1 aromatic heterocycles. The first-order chi connectivity index (χ1) is 12.1. The summed E-state index contributed by atoms with van der Waals surface area (Å²) in [5.74, 6) is -2.52. The minimum absolute atomic E-state index is 0.101. The van der Waals surface area contributed by atoms with E-state index < -0.39 is 12.1 Å². The van der Waals surface area contributed by atoms with Crippen LogP contribution in [-0.4, -0.2) is 51.7 Å². The van der Waals surface area contributed by atoms with Crippen molar-refractivity contribution >= 4 is 23.2 Å². The van der Waals surface area contributed by atoms with Gasteiger partial charge in [-0.15, -0.1) is 11.3 Å². The highest BCUT2D eigenvalue weighted by atomic mass is 32.1. The number of rotatable bonds is 2. The molecule has 2 N–H and O–H groups in total. The Kier molecular flexibility index (Phi) is 6.62. The Hall–Kier alpha value is -1.68. The number of halogens is 3. The number of thiazole rings is 1. The van der Waals surface area contributed by atoms with Gasteiger partial charge in [0.2, 0.25) is 5.91 Å². The molecular weight excluding hydrogens is 371 g/mol. The highest BCUT2D eigenvalue weighted by Crippen LogP contribution is 2.31. The van der Waals surface area contributed by atoms with E-state index in [1.54, 1.807) is 11.3 Å². The number of nitrogens with zero attached hydrogens (tertiary/aromatic N) is 2. The molecule has 3 heterocycles. The lowest BCUT2D eigenvalue weighted by Gasteiger charge is -2.27. The zero-order valence-electron chi connectivity index (χ0n) is 14.4. The Bertz CT molecular complexity index is 650. The molecule has 6 nitrogen and oxygen atoms in total. The van der Waals surface area contributed by atoms with Crippen LogP contribution < -0.4 is 5.32 Å². The van der Waals surface area contributed by atoms with E-state index in [4.69, 9.17) is 9.90 Å². The molecule has 2 fully saturated rings. The third-order valence-corrected chi connectivity index (χ3v) is 5.39. The number of carbonyl (C=O) groups excluding carboxylic acids is 1. The number of nitrogens with one attached hydrogen (secondary N) is 1. The topological polar surface area (TPSA) is 82.5 Å². The van der Waals surface area contributed by atoms with Gasteiger partial charge >= 0.3 is 12.1 Å². The lowest BCUT2D eigenvalue weighted by atomic mass is 9.89. The van der Waals surface area contributed by atoms with E-state index in [-0.39, 0.29) is 11.4 Å². The molecule has 1 spiro atoms. The Morgan fingerprint density at radius 1 is 1.38 bits per heavy atom. The van der Waals surface area contributed by atoms with Crippen molar-refractivity contribution < 1.29 is 27.9 Å². The highest BCUT2D eigenvalue weighted by Gasteiger charge is 2.39. The average Bonchev–Trinajstić information content (AvgIpc) is 3.04. The molecule has 2 saturated heterocycles. The van der Waals surface area contributed by atoms with Crippen molar-refractivity contribution in [2.45, 2.75) is 57.3 Å². The van der Waals surface area contributed by atoms with Gasteiger partial charge in [0, 0.05) is 30.4 Å². The predicted octanol–water partition coefficient (Wildman–Crippen LogP) is 2.72. The van der Waals surface area contributed by atoms with Gasteiger partial charge < -0.3 is 10.4 Å². The summed E-state index contributed by atoms with van der Waals surface area (Å²) in [6.45, 7) is 5.19. The van der Waals surface area contributed by atoms with Crippen LogP contribution in [0, 0.1) is 6.92 Å². The van der Waals surface area contributed by atoms with Gasteiger partial charge in [-0.3, -0.25) is 9.69 Å². The van der Waals surface area contributed by atoms with Crippen molar-refractivity contribution in [3.8, 4) is 0 Å². The minimum atomic E-state index is -5.08. The number of likely N-dealkylation sites (tertiary alicyclic amines) is 1. The summed E-state index contributed by atoms with van der Waals surface area (Å²) in [6, 6.07) is 0. The van der Waals surface area contributed by atoms with Gasteiger partial charge in [0.05, 0.1) is 10.7 Å². The Balaban J connectivity index is 0.000000298. The number of hydrogen-bond acceptors (Lipinski definition) is 5. The molecule has 146 valence electrons. The molecule has 2 aliphatic heterocycles. The van der Waals surface area contributed by atoms with Crippen LogP contribution in [0.1, 0.15) is 42.8 Å². The molecule has 0 aliphatic carbocycles. The fourth-order valence-corrected chi connectivity index (χ4v) is 3.87. The quantitative estimate of drug-likeness (QED) is 0.807. The minimum Gasteiger partial charge on any atom is -0.475 e. The Morgan fingerprint density at radius 3 is 2.58 bits per heavy atom. The normalized spacial score (nSPS) is 23.9. The lowest BCUT2D eigenvalue weighted by molar-refractivity contribution is -0.192. The van der Waals surface area contributed by atoms with E-state index in [1.807, 2.05) is 0 Å². The van der Waals surface area contributed by atoms with Crippen molar-refractivity contribution in [3.63, 3.8) is 0 Å². The summed E-state index contributed by atoms with van der Waals surface area (Å²) in [4.78, 5) is 27.4. The summed E-state index contributed by atoms with van der Waals surface area (Å²) < 4.78 is 31.7. The standard InChI is InChI=1S/C14H21N3OS.C2HF3O2/c1-11-15-12(10-19-11)9-17-7-2-4-14(6-8-17)5-3-13(18)16-14;3-2(4,5)1(6)7/h10H,2-9H2,1H3,(H,16,18);(H,6,7). The molecule has 1 unspecified atom stereocenters. The van der Waals surface area contributed by atoms with Gasteiger partial charge in [0.15, 0.2) is 0 Å². The summed E-state index contributed by atoms with van der Waals surface area (Å²) in [5.41, 5.74) is 1.29. The van der Waals surface area contributed by atoms with Crippen LogP contribution in [0.5, 0.6) is 0 Å². The first kappa shape index (κ1) is 20.6. The van der Waals surface area contributed by atoms with Crippen molar-refractivity contribution in [2.24, 2.45) is 0 Å². The zero-order valence-corrected chi connectivity index (χ0v) is 15.3. The first-order valence-corrected chi connectivity index (χ1v) is 9.22. The van der Waals surface area contributed by atoms with E-state index in [1.165, 1.54) is 12.1 Å². The molecule has 0 aromatic carbocycles. The molecule has 1 amide bonds. The van der Waals surface area contributed by atoms with Crippen LogP contribution >= 0.6 is 11.3 Å². The summed E-state index contributed by atoms with van der Waals surface area (Å²) in [5, 5.41) is 13.6. The van der Waals surface area contributed by atoms with Gasteiger partial charge in [0.1, 0.15) is 0 Å². The molecule has 0 radical (unpaired) electrons. The third-order valence-electron chi connectivity index (χ3n) is 4.57. The van der Waals surface area contributed by atoms with Crippen LogP contribution in [0.15, 0.2) is 5.38 Å². The predicted molar refractivity (Wildman–Crippen MR) is 89.8 cm³/mol. The van der Waals surface area contributed by atoms with Crippen LogP contribution in [0.3, 0.4) is 0 Å². The molecule has 0 bridgehead atoms. The van der Waals surface area contributed by atoms with Gasteiger partial charge in [0.25, 0.3) is 0 Å². The van der Waals surface area contributed by atoms with Crippen molar-refractivity contribution in [1.82, 2.24) is 15.2 Å². The van der Waals surface area contributed by atoms with E-state index in [9.17, 15) is 18.0 Å². The Labute approximate surface area is 153 Å². The number of carboxylic acids is 1. The lowest BCUT2D eigenvalue weighted by Crippen LogP contribution is -2.42. The van der Waals surface area contributed by atoms with E-state index in [0.29, 0.717) is 6.42 Å². The fraction of sp³-hybridized carbons (Fsp3) is 0.688. The van der Waals surface area contributed by atoms with E-state index in [2.05, 4.69) is 27.5 Å². The molecule has 26 heavy (non-hydrogen) atoms. The fourth-order valence-electron chi connectivity index (χ4n) is 3.27. The number of aryl methyl sites for hydroxylation is 1. The Morgan fingerprint density at radius 2 is 2.08 bits per heavy atom. The van der Waals surface area contributed by atoms with E-state index in [0.717, 1.165) is 43.9 Å². The third kappa shape index (κ3) is 5.94. The SMILES string of the molecule is Cc1nc(CN2CCCC3(CCC(=O)N3)CC2)cs1.O=C(O)C(F)(F)F. The maximum Gasteiger partial charge on any atom is 0.490 e. The van der Waals surface area contributed by atoms with Crippen LogP contribution in [-0.2, 0) is 16.1 Å². The first-order valence-electron chi connectivity index (χ1n) is 8.34. The van der Waals surface area contributed by atoms with Crippen molar-refractivity contribution in [3.05, 3.63) is 16.1 Å². The summed E-state index contributed by atoms with van der Waals surface area (Å²) in [6.07, 6.45) is 0.0390. The zero-order chi connectivity index (χ0) is 19.4. The van der Waals surface area contributed by atoms with Crippen molar-refractivity contribution in [2.75, 3.05) is 13.1 Å². The molecule has 10 heteroatoms. The average molecular weight is 393 g/mol. The summed E-state index contributed by atoms with van der Waals surface area (Å²) in [7, 11) is 0. The van der Waals surface area contributed by atoms with E-state index >= 15 is 0 Å². The van der Waals surface area contributed by atoms with Crippen LogP contribution in [0.25, 0.3) is 0 Å². The monoisotopic (exact) mass is 393 g/mol. The molecule has 1 aromatic rings. The van der Waals surface area contributed by atoms with Gasteiger partial charge in [-0.25, -0.2) is 9.78 Å². The number of aromatic nitrogens is 1.